The molecule has 0 saturated carbocycles. The number of carbonyl (C=O) groups excluding carboxylic acids is 1. The van der Waals surface area contributed by atoms with Crippen LogP contribution in [0.3, 0.4) is 0 Å². The number of rotatable bonds is 8. The van der Waals surface area contributed by atoms with E-state index in [1.54, 1.807) is 19.0 Å². The Morgan fingerprint density at radius 1 is 1.14 bits per heavy atom. The molecular formula is C29H35N5O. The Morgan fingerprint density at radius 2 is 1.83 bits per heavy atom. The van der Waals surface area contributed by atoms with E-state index < -0.39 is 0 Å². The number of aromatic nitrogens is 1. The average molecular weight is 470 g/mol. The van der Waals surface area contributed by atoms with Gasteiger partial charge in [0.15, 0.2) is 0 Å². The van der Waals surface area contributed by atoms with E-state index in [1.807, 2.05) is 42.8 Å². The van der Waals surface area contributed by atoms with Crippen molar-refractivity contribution in [2.75, 3.05) is 39.1 Å². The van der Waals surface area contributed by atoms with Crippen LogP contribution in [0, 0.1) is 0 Å². The number of nitrogens with one attached hydrogen (secondary N) is 2. The van der Waals surface area contributed by atoms with Gasteiger partial charge in [-0.2, -0.15) is 0 Å². The largest absolute Gasteiger partial charge is 0.371 e. The molecule has 0 aliphatic carbocycles. The molecule has 1 amide bonds. The first-order valence-corrected chi connectivity index (χ1v) is 12.2. The first-order valence-electron chi connectivity index (χ1n) is 12.2. The van der Waals surface area contributed by atoms with Crippen molar-refractivity contribution in [3.05, 3.63) is 78.0 Å². The molecule has 0 unspecified atom stereocenters. The third-order valence-corrected chi connectivity index (χ3v) is 6.70. The van der Waals surface area contributed by atoms with Gasteiger partial charge in [-0.25, -0.2) is 4.99 Å². The zero-order valence-corrected chi connectivity index (χ0v) is 20.9. The Morgan fingerprint density at radius 3 is 2.43 bits per heavy atom. The second-order valence-corrected chi connectivity index (χ2v) is 9.18. The van der Waals surface area contributed by atoms with Gasteiger partial charge in [-0.3, -0.25) is 4.79 Å². The molecule has 0 radical (unpaired) electrons. The summed E-state index contributed by atoms with van der Waals surface area (Å²) in [6, 6.07) is 17.1. The van der Waals surface area contributed by atoms with E-state index in [0.29, 0.717) is 11.6 Å². The molecular weight excluding hydrogens is 434 g/mol. The predicted octanol–water partition coefficient (Wildman–Crippen LogP) is 5.16. The van der Waals surface area contributed by atoms with Crippen molar-refractivity contribution in [3.8, 4) is 11.1 Å². The van der Waals surface area contributed by atoms with E-state index in [-0.39, 0.29) is 5.91 Å². The molecule has 1 aromatic heterocycles. The highest BCUT2D eigenvalue weighted by Crippen LogP contribution is 2.32. The summed E-state index contributed by atoms with van der Waals surface area (Å²) in [5, 5.41) is 3.39. The fourth-order valence-corrected chi connectivity index (χ4v) is 4.54. The first kappa shape index (κ1) is 24.5. The number of aromatic amines is 1. The molecule has 1 fully saturated rings. The Hall–Kier alpha value is -3.64. The van der Waals surface area contributed by atoms with Crippen LogP contribution in [0.4, 0.5) is 11.5 Å². The third kappa shape index (κ3) is 5.72. The maximum atomic E-state index is 12.2. The van der Waals surface area contributed by atoms with Crippen LogP contribution in [0.2, 0.25) is 0 Å². The topological polar surface area (TPSA) is 63.7 Å². The number of hydrogen-bond donors (Lipinski definition) is 2. The molecule has 2 N–H and O–H groups in total. The van der Waals surface area contributed by atoms with Crippen molar-refractivity contribution < 1.29 is 4.79 Å². The van der Waals surface area contributed by atoms with E-state index >= 15 is 0 Å². The van der Waals surface area contributed by atoms with Crippen molar-refractivity contribution >= 4 is 29.7 Å². The Labute approximate surface area is 208 Å². The van der Waals surface area contributed by atoms with E-state index in [4.69, 9.17) is 0 Å². The number of carbonyl (C=O) groups is 1. The van der Waals surface area contributed by atoms with Gasteiger partial charge in [0, 0.05) is 74.4 Å². The van der Waals surface area contributed by atoms with Crippen molar-refractivity contribution in [1.82, 2.24) is 15.2 Å². The summed E-state index contributed by atoms with van der Waals surface area (Å²) in [6.45, 7) is 6.18. The highest BCUT2D eigenvalue weighted by atomic mass is 16.2. The van der Waals surface area contributed by atoms with Crippen LogP contribution < -0.4 is 10.2 Å². The molecule has 6 heteroatoms. The average Bonchev–Trinajstić information content (AvgIpc) is 3.31. The van der Waals surface area contributed by atoms with Crippen molar-refractivity contribution in [1.29, 1.82) is 0 Å². The van der Waals surface area contributed by atoms with Gasteiger partial charge in [0.05, 0.1) is 0 Å². The molecule has 1 aliphatic heterocycles. The fraction of sp³-hybridized carbons (Fsp3) is 0.310. The zero-order valence-electron chi connectivity index (χ0n) is 20.9. The number of anilines is 1. The van der Waals surface area contributed by atoms with Gasteiger partial charge in [0.1, 0.15) is 5.82 Å². The van der Waals surface area contributed by atoms with Gasteiger partial charge in [-0.05, 0) is 55.3 Å². The van der Waals surface area contributed by atoms with Gasteiger partial charge >= 0.3 is 0 Å². The lowest BCUT2D eigenvalue weighted by molar-refractivity contribution is 0.0827. The molecule has 3 aromatic rings. The zero-order chi connectivity index (χ0) is 24.8. The standard InChI is InChI=1S/C29H35N5O/c1-5-26-27(22-8-10-23(11-9-22)29(35)33(3)4)20-32-28(26)31-17-14-21-6-12-25(13-7-21)34-18-15-24(30-2)16-19-34/h5-13,17,20,24,30,32H,1,14-16,18-19H2,2-4H3/b31-17-. The molecule has 1 aliphatic rings. The minimum Gasteiger partial charge on any atom is -0.371 e. The van der Waals surface area contributed by atoms with Gasteiger partial charge < -0.3 is 20.1 Å². The third-order valence-electron chi connectivity index (χ3n) is 6.70. The molecule has 2 heterocycles. The van der Waals surface area contributed by atoms with E-state index in [0.717, 1.165) is 42.0 Å². The number of benzene rings is 2. The smallest absolute Gasteiger partial charge is 0.253 e. The SMILES string of the molecule is C=Cc1c(-c2ccc(C(=O)N(C)C)cc2)c[nH]c1/N=C\Cc1ccc(N2CCC(NC)CC2)cc1. The molecule has 4 rings (SSSR count). The van der Waals surface area contributed by atoms with E-state index in [2.05, 4.69) is 58.1 Å². The van der Waals surface area contributed by atoms with Gasteiger partial charge in [-0.1, -0.05) is 36.9 Å². The minimum atomic E-state index is -0.00811. The second kappa shape index (κ2) is 11.2. The summed E-state index contributed by atoms with van der Waals surface area (Å²) in [5.41, 5.74) is 6.18. The van der Waals surface area contributed by atoms with Crippen molar-refractivity contribution in [2.45, 2.75) is 25.3 Å². The Balaban J connectivity index is 1.40. The minimum absolute atomic E-state index is 0.00811. The predicted molar refractivity (Wildman–Crippen MR) is 147 cm³/mol. The second-order valence-electron chi connectivity index (χ2n) is 9.18. The lowest BCUT2D eigenvalue weighted by Gasteiger charge is -2.33. The van der Waals surface area contributed by atoms with Gasteiger partial charge in [0.25, 0.3) is 5.91 Å². The quantitative estimate of drug-likeness (QED) is 0.448. The number of aliphatic imine (C=N–C) groups is 1. The molecule has 35 heavy (non-hydrogen) atoms. The molecule has 0 spiro atoms. The van der Waals surface area contributed by atoms with Gasteiger partial charge in [0.2, 0.25) is 0 Å². The van der Waals surface area contributed by atoms with Crippen molar-refractivity contribution in [2.24, 2.45) is 4.99 Å². The number of amides is 1. The summed E-state index contributed by atoms with van der Waals surface area (Å²) >= 11 is 0. The summed E-state index contributed by atoms with van der Waals surface area (Å²) in [6.07, 6.45) is 8.84. The first-order chi connectivity index (χ1) is 17.0. The summed E-state index contributed by atoms with van der Waals surface area (Å²) in [4.78, 5) is 24.2. The highest BCUT2D eigenvalue weighted by molar-refractivity contribution is 5.94. The molecule has 0 atom stereocenters. The van der Waals surface area contributed by atoms with Crippen LogP contribution in [0.5, 0.6) is 0 Å². The normalized spacial score (nSPS) is 14.4. The molecule has 1 saturated heterocycles. The Kier molecular flexibility index (Phi) is 7.83. The van der Waals surface area contributed by atoms with Crippen LogP contribution in [-0.2, 0) is 6.42 Å². The van der Waals surface area contributed by atoms with E-state index in [9.17, 15) is 4.79 Å². The number of H-pyrrole nitrogens is 1. The number of hydrogen-bond acceptors (Lipinski definition) is 4. The van der Waals surface area contributed by atoms with Crippen LogP contribution >= 0.6 is 0 Å². The molecule has 2 aromatic carbocycles. The fourth-order valence-electron chi connectivity index (χ4n) is 4.54. The maximum Gasteiger partial charge on any atom is 0.253 e. The van der Waals surface area contributed by atoms with E-state index in [1.165, 1.54) is 24.1 Å². The van der Waals surface area contributed by atoms with Gasteiger partial charge in [-0.15, -0.1) is 0 Å². The van der Waals surface area contributed by atoms with Crippen LogP contribution in [0.1, 0.15) is 34.3 Å². The Bertz CT molecular complexity index is 1170. The van der Waals surface area contributed by atoms with Crippen LogP contribution in [0.25, 0.3) is 17.2 Å². The number of piperidine rings is 1. The lowest BCUT2D eigenvalue weighted by Crippen LogP contribution is -2.41. The molecule has 0 bridgehead atoms. The number of nitrogens with zero attached hydrogens (tertiary/aromatic N) is 3. The summed E-state index contributed by atoms with van der Waals surface area (Å²) in [7, 11) is 5.56. The van der Waals surface area contributed by atoms with Crippen LogP contribution in [0.15, 0.2) is 66.3 Å². The van der Waals surface area contributed by atoms with Crippen molar-refractivity contribution in [3.63, 3.8) is 0 Å². The monoisotopic (exact) mass is 469 g/mol. The summed E-state index contributed by atoms with van der Waals surface area (Å²) < 4.78 is 0. The molecule has 182 valence electrons. The highest BCUT2D eigenvalue weighted by Gasteiger charge is 2.17. The maximum absolute atomic E-state index is 12.2. The summed E-state index contributed by atoms with van der Waals surface area (Å²) in [5.74, 6) is 0.777. The van der Waals surface area contributed by atoms with Crippen LogP contribution in [-0.4, -0.2) is 62.3 Å². The lowest BCUT2D eigenvalue weighted by atomic mass is 10.0. The molecule has 6 nitrogen and oxygen atoms in total.